The molecule has 0 aromatic heterocycles. The number of ether oxygens (including phenoxy) is 2. The zero-order valence-corrected chi connectivity index (χ0v) is 17.6. The van der Waals surface area contributed by atoms with Crippen molar-refractivity contribution in [2.45, 2.75) is 32.4 Å². The van der Waals surface area contributed by atoms with Crippen LogP contribution in [-0.2, 0) is 13.0 Å². The van der Waals surface area contributed by atoms with E-state index in [2.05, 4.69) is 41.4 Å². The van der Waals surface area contributed by atoms with E-state index in [1.165, 1.54) is 11.1 Å². The van der Waals surface area contributed by atoms with Crippen LogP contribution in [0.2, 0.25) is 5.02 Å². The molecule has 0 aliphatic rings. The fourth-order valence-electron chi connectivity index (χ4n) is 2.70. The minimum absolute atomic E-state index is 0.419. The average molecular weight is 391 g/mol. The van der Waals surface area contributed by atoms with E-state index in [-0.39, 0.29) is 0 Å². The standard InChI is InChI=1S/C22H31ClN2O2/c1-17(24-16-19-7-10-20(23)11-8-19)5-6-18-9-12-21(22(15-18)26-4)27-14-13-25(2)3/h7-12,15,17,24H,5-6,13-14,16H2,1-4H3. The predicted octanol–water partition coefficient (Wildman–Crippen LogP) is 4.40. The molecule has 5 heteroatoms. The van der Waals surface area contributed by atoms with Crippen molar-refractivity contribution in [3.05, 3.63) is 58.6 Å². The number of halogens is 1. The summed E-state index contributed by atoms with van der Waals surface area (Å²) in [6.07, 6.45) is 2.04. The van der Waals surface area contributed by atoms with Gasteiger partial charge in [0.05, 0.1) is 7.11 Å². The lowest BCUT2D eigenvalue weighted by molar-refractivity contribution is 0.250. The van der Waals surface area contributed by atoms with Gasteiger partial charge in [-0.3, -0.25) is 0 Å². The van der Waals surface area contributed by atoms with Crippen molar-refractivity contribution in [3.63, 3.8) is 0 Å². The molecule has 0 aliphatic carbocycles. The first-order chi connectivity index (χ1) is 13.0. The quantitative estimate of drug-likeness (QED) is 0.616. The Balaban J connectivity index is 1.81. The first-order valence-corrected chi connectivity index (χ1v) is 9.78. The van der Waals surface area contributed by atoms with Crippen LogP contribution in [0.5, 0.6) is 11.5 Å². The Labute approximate surface area is 168 Å². The van der Waals surface area contributed by atoms with Crippen LogP contribution in [0.15, 0.2) is 42.5 Å². The second-order valence-electron chi connectivity index (χ2n) is 7.08. The normalized spacial score (nSPS) is 12.2. The van der Waals surface area contributed by atoms with E-state index in [4.69, 9.17) is 21.1 Å². The monoisotopic (exact) mass is 390 g/mol. The van der Waals surface area contributed by atoms with E-state index < -0.39 is 0 Å². The predicted molar refractivity (Wildman–Crippen MR) is 113 cm³/mol. The van der Waals surface area contributed by atoms with Crippen molar-refractivity contribution in [1.29, 1.82) is 0 Å². The smallest absolute Gasteiger partial charge is 0.161 e. The van der Waals surface area contributed by atoms with Gasteiger partial charge in [0.15, 0.2) is 11.5 Å². The molecule has 0 bridgehead atoms. The number of likely N-dealkylation sites (N-methyl/N-ethyl adjacent to an activating group) is 1. The maximum absolute atomic E-state index is 5.93. The molecule has 4 nitrogen and oxygen atoms in total. The van der Waals surface area contributed by atoms with Crippen molar-refractivity contribution in [1.82, 2.24) is 10.2 Å². The van der Waals surface area contributed by atoms with Crippen LogP contribution in [0, 0.1) is 0 Å². The number of aryl methyl sites for hydroxylation is 1. The Morgan fingerprint density at radius 1 is 1.04 bits per heavy atom. The Hall–Kier alpha value is -1.75. The molecule has 1 atom stereocenters. The SMILES string of the molecule is COc1cc(CCC(C)NCc2ccc(Cl)cc2)ccc1OCCN(C)C. The second kappa shape index (κ2) is 11.2. The zero-order valence-electron chi connectivity index (χ0n) is 16.8. The summed E-state index contributed by atoms with van der Waals surface area (Å²) in [5.41, 5.74) is 2.50. The van der Waals surface area contributed by atoms with Gasteiger partial charge >= 0.3 is 0 Å². The summed E-state index contributed by atoms with van der Waals surface area (Å²) in [5.74, 6) is 1.60. The number of benzene rings is 2. The fourth-order valence-corrected chi connectivity index (χ4v) is 2.83. The summed E-state index contributed by atoms with van der Waals surface area (Å²) in [4.78, 5) is 2.10. The Bertz CT molecular complexity index is 689. The summed E-state index contributed by atoms with van der Waals surface area (Å²) >= 11 is 5.93. The summed E-state index contributed by atoms with van der Waals surface area (Å²) < 4.78 is 11.3. The molecule has 27 heavy (non-hydrogen) atoms. The van der Waals surface area contributed by atoms with Gasteiger partial charge in [-0.15, -0.1) is 0 Å². The van der Waals surface area contributed by atoms with Crippen LogP contribution in [0.1, 0.15) is 24.5 Å². The van der Waals surface area contributed by atoms with E-state index in [1.54, 1.807) is 7.11 Å². The number of methoxy groups -OCH3 is 1. The lowest BCUT2D eigenvalue weighted by Crippen LogP contribution is -2.25. The van der Waals surface area contributed by atoms with Crippen molar-refractivity contribution in [3.8, 4) is 11.5 Å². The second-order valence-corrected chi connectivity index (χ2v) is 7.52. The highest BCUT2D eigenvalue weighted by Crippen LogP contribution is 2.28. The summed E-state index contributed by atoms with van der Waals surface area (Å²) in [5, 5.41) is 4.34. The summed E-state index contributed by atoms with van der Waals surface area (Å²) in [6.45, 7) is 4.59. The number of hydrogen-bond donors (Lipinski definition) is 1. The van der Waals surface area contributed by atoms with Gasteiger partial charge in [0.1, 0.15) is 6.61 Å². The third-order valence-corrected chi connectivity index (χ3v) is 4.71. The van der Waals surface area contributed by atoms with E-state index in [0.717, 1.165) is 42.5 Å². The van der Waals surface area contributed by atoms with E-state index in [0.29, 0.717) is 12.6 Å². The molecule has 0 radical (unpaired) electrons. The molecule has 0 amide bonds. The Kier molecular flexibility index (Phi) is 8.92. The van der Waals surface area contributed by atoms with Crippen LogP contribution in [-0.4, -0.2) is 45.3 Å². The minimum Gasteiger partial charge on any atom is -0.493 e. The van der Waals surface area contributed by atoms with Gasteiger partial charge in [-0.05, 0) is 69.3 Å². The maximum Gasteiger partial charge on any atom is 0.161 e. The molecular weight excluding hydrogens is 360 g/mol. The largest absolute Gasteiger partial charge is 0.493 e. The van der Waals surface area contributed by atoms with Crippen LogP contribution in [0.4, 0.5) is 0 Å². The van der Waals surface area contributed by atoms with Gasteiger partial charge in [-0.2, -0.15) is 0 Å². The number of nitrogens with zero attached hydrogens (tertiary/aromatic N) is 1. The van der Waals surface area contributed by atoms with Crippen LogP contribution in [0.25, 0.3) is 0 Å². The van der Waals surface area contributed by atoms with E-state index in [9.17, 15) is 0 Å². The molecule has 0 heterocycles. The fraction of sp³-hybridized carbons (Fsp3) is 0.455. The summed E-state index contributed by atoms with van der Waals surface area (Å²) in [6, 6.07) is 14.6. The van der Waals surface area contributed by atoms with Crippen molar-refractivity contribution in [2.75, 3.05) is 34.4 Å². The van der Waals surface area contributed by atoms with Crippen LogP contribution >= 0.6 is 11.6 Å². The third-order valence-electron chi connectivity index (χ3n) is 4.46. The topological polar surface area (TPSA) is 33.7 Å². The highest BCUT2D eigenvalue weighted by atomic mass is 35.5. The Morgan fingerprint density at radius 3 is 2.41 bits per heavy atom. The van der Waals surface area contributed by atoms with Gasteiger partial charge in [0, 0.05) is 24.2 Å². The molecule has 2 rings (SSSR count). The molecule has 0 spiro atoms. The first-order valence-electron chi connectivity index (χ1n) is 9.40. The highest BCUT2D eigenvalue weighted by Gasteiger charge is 2.08. The van der Waals surface area contributed by atoms with Crippen LogP contribution < -0.4 is 14.8 Å². The van der Waals surface area contributed by atoms with Crippen LogP contribution in [0.3, 0.4) is 0 Å². The molecule has 2 aromatic carbocycles. The molecule has 2 aromatic rings. The number of hydrogen-bond acceptors (Lipinski definition) is 4. The van der Waals surface area contributed by atoms with Crippen molar-refractivity contribution >= 4 is 11.6 Å². The van der Waals surface area contributed by atoms with E-state index >= 15 is 0 Å². The van der Waals surface area contributed by atoms with E-state index in [1.807, 2.05) is 32.3 Å². The lowest BCUT2D eigenvalue weighted by atomic mass is 10.1. The molecule has 0 aliphatic heterocycles. The lowest BCUT2D eigenvalue weighted by Gasteiger charge is -2.16. The van der Waals surface area contributed by atoms with Crippen molar-refractivity contribution < 1.29 is 9.47 Å². The number of nitrogens with one attached hydrogen (secondary N) is 1. The Morgan fingerprint density at radius 2 is 1.74 bits per heavy atom. The molecule has 148 valence electrons. The van der Waals surface area contributed by atoms with Gasteiger partial charge in [0.25, 0.3) is 0 Å². The van der Waals surface area contributed by atoms with Gasteiger partial charge in [-0.1, -0.05) is 29.8 Å². The minimum atomic E-state index is 0.419. The molecule has 0 saturated heterocycles. The molecular formula is C22H31ClN2O2. The number of rotatable bonds is 11. The zero-order chi connectivity index (χ0) is 19.6. The molecule has 1 unspecified atom stereocenters. The molecule has 0 saturated carbocycles. The molecule has 1 N–H and O–H groups in total. The maximum atomic E-state index is 5.93. The first kappa shape index (κ1) is 21.5. The van der Waals surface area contributed by atoms with Gasteiger partial charge < -0.3 is 19.7 Å². The average Bonchev–Trinajstić information content (AvgIpc) is 2.66. The van der Waals surface area contributed by atoms with Crippen molar-refractivity contribution in [2.24, 2.45) is 0 Å². The van der Waals surface area contributed by atoms with Gasteiger partial charge in [-0.25, -0.2) is 0 Å². The van der Waals surface area contributed by atoms with Gasteiger partial charge in [0.2, 0.25) is 0 Å². The summed E-state index contributed by atoms with van der Waals surface area (Å²) in [7, 11) is 5.76. The highest BCUT2D eigenvalue weighted by molar-refractivity contribution is 6.30. The molecule has 0 fully saturated rings. The third kappa shape index (κ3) is 7.79.